The number of anilines is 2. The largest absolute Gasteiger partial charge is 0.326 e. The smallest absolute Gasteiger partial charge is 0.261 e. The molecule has 0 aliphatic rings. The molecular formula is C20H18N2O3S. The van der Waals surface area contributed by atoms with Crippen LogP contribution in [-0.2, 0) is 14.8 Å². The third kappa shape index (κ3) is 4.10. The molecule has 0 spiro atoms. The number of carbonyl (C=O) groups excluding carboxylic acids is 1. The molecule has 0 atom stereocenters. The Morgan fingerprint density at radius 3 is 2.08 bits per heavy atom. The third-order valence-electron chi connectivity index (χ3n) is 3.74. The lowest BCUT2D eigenvalue weighted by Crippen LogP contribution is -2.14. The number of sulfonamides is 1. The maximum absolute atomic E-state index is 12.7. The third-order valence-corrected chi connectivity index (χ3v) is 5.12. The Morgan fingerprint density at radius 1 is 0.808 bits per heavy atom. The monoisotopic (exact) mass is 366 g/mol. The van der Waals surface area contributed by atoms with E-state index in [0.29, 0.717) is 11.4 Å². The first-order valence-electron chi connectivity index (χ1n) is 8.01. The fraction of sp³-hybridized carbons (Fsp3) is 0.0500. The highest BCUT2D eigenvalue weighted by molar-refractivity contribution is 7.92. The minimum absolute atomic E-state index is 0.120. The molecule has 0 unspecified atom stereocenters. The van der Waals surface area contributed by atoms with Gasteiger partial charge in [0.15, 0.2) is 0 Å². The van der Waals surface area contributed by atoms with Crippen molar-refractivity contribution >= 4 is 27.3 Å². The molecule has 26 heavy (non-hydrogen) atoms. The van der Waals surface area contributed by atoms with Crippen LogP contribution in [0.25, 0.3) is 11.1 Å². The minimum atomic E-state index is -3.75. The average Bonchev–Trinajstić information content (AvgIpc) is 2.62. The van der Waals surface area contributed by atoms with E-state index in [1.54, 1.807) is 24.3 Å². The summed E-state index contributed by atoms with van der Waals surface area (Å²) in [6, 6.07) is 22.8. The molecule has 0 saturated heterocycles. The Balaban J connectivity index is 1.90. The molecule has 0 saturated carbocycles. The molecule has 2 N–H and O–H groups in total. The van der Waals surface area contributed by atoms with E-state index in [4.69, 9.17) is 0 Å². The van der Waals surface area contributed by atoms with Gasteiger partial charge >= 0.3 is 0 Å². The first kappa shape index (κ1) is 17.7. The summed E-state index contributed by atoms with van der Waals surface area (Å²) in [7, 11) is -3.75. The maximum atomic E-state index is 12.7. The van der Waals surface area contributed by atoms with Crippen LogP contribution >= 0.6 is 0 Å². The van der Waals surface area contributed by atoms with Gasteiger partial charge in [-0.05, 0) is 35.9 Å². The predicted octanol–water partition coefficient (Wildman–Crippen LogP) is 4.11. The molecule has 0 aromatic heterocycles. The zero-order valence-electron chi connectivity index (χ0n) is 14.1. The van der Waals surface area contributed by atoms with Crippen molar-refractivity contribution in [2.75, 3.05) is 10.0 Å². The van der Waals surface area contributed by atoms with E-state index in [-0.39, 0.29) is 10.8 Å². The van der Waals surface area contributed by atoms with Crippen LogP contribution in [0.1, 0.15) is 6.92 Å². The van der Waals surface area contributed by atoms with Crippen molar-refractivity contribution in [3.8, 4) is 11.1 Å². The lowest BCUT2D eigenvalue weighted by atomic mass is 10.0. The van der Waals surface area contributed by atoms with Crippen LogP contribution in [0.2, 0.25) is 0 Å². The Hall–Kier alpha value is -3.12. The second-order valence-electron chi connectivity index (χ2n) is 5.72. The van der Waals surface area contributed by atoms with E-state index in [0.717, 1.165) is 11.1 Å². The lowest BCUT2D eigenvalue weighted by molar-refractivity contribution is -0.114. The molecule has 132 valence electrons. The van der Waals surface area contributed by atoms with Gasteiger partial charge in [0.05, 0.1) is 10.6 Å². The number of amides is 1. The molecule has 5 nitrogen and oxygen atoms in total. The minimum Gasteiger partial charge on any atom is -0.326 e. The van der Waals surface area contributed by atoms with Crippen LogP contribution in [0.4, 0.5) is 11.4 Å². The highest BCUT2D eigenvalue weighted by atomic mass is 32.2. The van der Waals surface area contributed by atoms with Crippen LogP contribution in [0.5, 0.6) is 0 Å². The van der Waals surface area contributed by atoms with E-state index in [1.165, 1.54) is 19.1 Å². The van der Waals surface area contributed by atoms with Gasteiger partial charge in [-0.15, -0.1) is 0 Å². The standard InChI is InChI=1S/C20H18N2O3S/c1-15(23)21-17-11-13-18(14-12-17)26(24,25)22-20-10-6-5-9-19(20)16-7-3-2-4-8-16/h2-14,22H,1H3,(H,21,23). The number of benzene rings is 3. The van der Waals surface area contributed by atoms with Gasteiger partial charge in [0.1, 0.15) is 0 Å². The molecule has 1 amide bonds. The van der Waals surface area contributed by atoms with Gasteiger partial charge in [-0.25, -0.2) is 8.42 Å². The zero-order chi connectivity index (χ0) is 18.6. The first-order chi connectivity index (χ1) is 12.5. The molecule has 0 fully saturated rings. The second-order valence-corrected chi connectivity index (χ2v) is 7.41. The molecule has 0 aliphatic carbocycles. The first-order valence-corrected chi connectivity index (χ1v) is 9.49. The van der Waals surface area contributed by atoms with Crippen molar-refractivity contribution < 1.29 is 13.2 Å². The van der Waals surface area contributed by atoms with Gasteiger partial charge in [0.25, 0.3) is 10.0 Å². The van der Waals surface area contributed by atoms with E-state index in [2.05, 4.69) is 10.0 Å². The number of nitrogens with one attached hydrogen (secondary N) is 2. The highest BCUT2D eigenvalue weighted by Crippen LogP contribution is 2.29. The van der Waals surface area contributed by atoms with E-state index in [9.17, 15) is 13.2 Å². The second kappa shape index (κ2) is 7.41. The Labute approximate surface area is 152 Å². The predicted molar refractivity (Wildman–Crippen MR) is 103 cm³/mol. The average molecular weight is 366 g/mol. The van der Waals surface area contributed by atoms with Crippen molar-refractivity contribution in [2.45, 2.75) is 11.8 Å². The van der Waals surface area contributed by atoms with E-state index >= 15 is 0 Å². The molecule has 0 aliphatic heterocycles. The van der Waals surface area contributed by atoms with Gasteiger partial charge in [0, 0.05) is 18.2 Å². The van der Waals surface area contributed by atoms with Crippen LogP contribution in [0, 0.1) is 0 Å². The quantitative estimate of drug-likeness (QED) is 0.713. The Bertz CT molecular complexity index is 1010. The van der Waals surface area contributed by atoms with Crippen LogP contribution in [0.3, 0.4) is 0 Å². The maximum Gasteiger partial charge on any atom is 0.261 e. The summed E-state index contributed by atoms with van der Waals surface area (Å²) in [5.74, 6) is -0.212. The van der Waals surface area contributed by atoms with Gasteiger partial charge in [-0.3, -0.25) is 9.52 Å². The van der Waals surface area contributed by atoms with Crippen molar-refractivity contribution in [1.82, 2.24) is 0 Å². The van der Waals surface area contributed by atoms with Crippen LogP contribution < -0.4 is 10.0 Å². The summed E-state index contributed by atoms with van der Waals surface area (Å²) in [6.45, 7) is 1.40. The number of carbonyl (C=O) groups is 1. The van der Waals surface area contributed by atoms with Gasteiger partial charge < -0.3 is 5.32 Å². The number of hydrogen-bond acceptors (Lipinski definition) is 3. The normalized spacial score (nSPS) is 11.0. The van der Waals surface area contributed by atoms with E-state index < -0.39 is 10.0 Å². The topological polar surface area (TPSA) is 75.3 Å². The summed E-state index contributed by atoms with van der Waals surface area (Å²) >= 11 is 0. The Kier molecular flexibility index (Phi) is 5.04. The molecular weight excluding hydrogens is 348 g/mol. The zero-order valence-corrected chi connectivity index (χ0v) is 15.0. The molecule has 3 aromatic carbocycles. The summed E-state index contributed by atoms with van der Waals surface area (Å²) in [6.07, 6.45) is 0. The van der Waals surface area contributed by atoms with Crippen molar-refractivity contribution in [2.24, 2.45) is 0 Å². The number of hydrogen-bond donors (Lipinski definition) is 2. The number of rotatable bonds is 5. The lowest BCUT2D eigenvalue weighted by Gasteiger charge is -2.13. The molecule has 0 bridgehead atoms. The molecule has 3 rings (SSSR count). The van der Waals surface area contributed by atoms with Crippen molar-refractivity contribution in [3.63, 3.8) is 0 Å². The summed E-state index contributed by atoms with van der Waals surface area (Å²) in [5, 5.41) is 2.61. The van der Waals surface area contributed by atoms with Crippen LogP contribution in [-0.4, -0.2) is 14.3 Å². The molecule has 0 heterocycles. The van der Waals surface area contributed by atoms with Crippen LogP contribution in [0.15, 0.2) is 83.8 Å². The van der Waals surface area contributed by atoms with Crippen molar-refractivity contribution in [1.29, 1.82) is 0 Å². The fourth-order valence-electron chi connectivity index (χ4n) is 2.57. The van der Waals surface area contributed by atoms with E-state index in [1.807, 2.05) is 42.5 Å². The van der Waals surface area contributed by atoms with Gasteiger partial charge in [-0.2, -0.15) is 0 Å². The summed E-state index contributed by atoms with van der Waals surface area (Å²) in [4.78, 5) is 11.2. The van der Waals surface area contributed by atoms with Gasteiger partial charge in [0.2, 0.25) is 5.91 Å². The van der Waals surface area contributed by atoms with Crippen molar-refractivity contribution in [3.05, 3.63) is 78.9 Å². The molecule has 0 radical (unpaired) electrons. The molecule has 3 aromatic rings. The highest BCUT2D eigenvalue weighted by Gasteiger charge is 2.16. The summed E-state index contributed by atoms with van der Waals surface area (Å²) in [5.41, 5.74) is 2.77. The van der Waals surface area contributed by atoms with Gasteiger partial charge in [-0.1, -0.05) is 48.5 Å². The SMILES string of the molecule is CC(=O)Nc1ccc(S(=O)(=O)Nc2ccccc2-c2ccccc2)cc1. The molecule has 6 heteroatoms. The summed E-state index contributed by atoms with van der Waals surface area (Å²) < 4.78 is 28.1. The Morgan fingerprint density at radius 2 is 1.42 bits per heavy atom. The fourth-order valence-corrected chi connectivity index (χ4v) is 3.65. The number of para-hydroxylation sites is 1.